The van der Waals surface area contributed by atoms with E-state index in [0.717, 1.165) is 24.0 Å². The Morgan fingerprint density at radius 2 is 2.00 bits per heavy atom. The van der Waals surface area contributed by atoms with Crippen molar-refractivity contribution in [2.24, 2.45) is 0 Å². The summed E-state index contributed by atoms with van der Waals surface area (Å²) in [6, 6.07) is 0. The Kier molecular flexibility index (Phi) is 6.78. The average molecular weight is 245 g/mol. The van der Waals surface area contributed by atoms with E-state index in [1.807, 2.05) is 0 Å². The van der Waals surface area contributed by atoms with Gasteiger partial charge in [0.1, 0.15) is 0 Å². The molecule has 96 valence electrons. The van der Waals surface area contributed by atoms with Gasteiger partial charge >= 0.3 is 0 Å². The lowest BCUT2D eigenvalue weighted by molar-refractivity contribution is 0.192. The zero-order valence-electron chi connectivity index (χ0n) is 10.8. The minimum Gasteiger partial charge on any atom is -0.394 e. The molecule has 3 heteroatoms. The molecular weight excluding hydrogens is 218 g/mol. The first kappa shape index (κ1) is 14.3. The lowest BCUT2D eigenvalue weighted by atomic mass is 10.0. The van der Waals surface area contributed by atoms with Gasteiger partial charge in [0.2, 0.25) is 0 Å². The van der Waals surface area contributed by atoms with E-state index in [9.17, 15) is 5.11 Å². The normalized spacial score (nSPS) is 21.9. The molecular formula is C13H27NOS. The van der Waals surface area contributed by atoms with E-state index in [4.69, 9.17) is 0 Å². The molecule has 1 fully saturated rings. The molecule has 0 saturated heterocycles. The molecule has 1 saturated carbocycles. The van der Waals surface area contributed by atoms with E-state index in [1.54, 1.807) is 0 Å². The average Bonchev–Trinajstić information content (AvgIpc) is 2.35. The van der Waals surface area contributed by atoms with Gasteiger partial charge in [-0.25, -0.2) is 0 Å². The third-order valence-corrected chi connectivity index (χ3v) is 5.09. The number of aliphatic hydroxyl groups excluding tert-OH is 1. The fourth-order valence-corrected chi connectivity index (χ4v) is 3.58. The van der Waals surface area contributed by atoms with Gasteiger partial charge in [0.05, 0.1) is 6.61 Å². The highest BCUT2D eigenvalue weighted by atomic mass is 32.2. The van der Waals surface area contributed by atoms with Crippen molar-refractivity contribution in [1.29, 1.82) is 0 Å². The zero-order chi connectivity index (χ0) is 11.9. The highest BCUT2D eigenvalue weighted by Gasteiger charge is 2.24. The molecule has 1 atom stereocenters. The van der Waals surface area contributed by atoms with Gasteiger partial charge in [-0.3, -0.25) is 0 Å². The van der Waals surface area contributed by atoms with Crippen LogP contribution in [0.15, 0.2) is 0 Å². The smallest absolute Gasteiger partial charge is 0.0618 e. The van der Waals surface area contributed by atoms with Crippen LogP contribution in [0.3, 0.4) is 0 Å². The second-order valence-electron chi connectivity index (χ2n) is 5.22. The molecule has 1 rings (SSSR count). The van der Waals surface area contributed by atoms with Crippen LogP contribution in [0.1, 0.15) is 52.4 Å². The minimum absolute atomic E-state index is 0.0852. The van der Waals surface area contributed by atoms with Crippen molar-refractivity contribution < 1.29 is 5.11 Å². The second kappa shape index (κ2) is 7.57. The summed E-state index contributed by atoms with van der Waals surface area (Å²) in [5.74, 6) is 1.04. The number of thioether (sulfide) groups is 1. The topological polar surface area (TPSA) is 32.3 Å². The van der Waals surface area contributed by atoms with E-state index in [2.05, 4.69) is 30.9 Å². The molecule has 1 unspecified atom stereocenters. The van der Waals surface area contributed by atoms with Gasteiger partial charge in [-0.1, -0.05) is 26.2 Å². The Bertz CT molecular complexity index is 183. The lowest BCUT2D eigenvalue weighted by Crippen LogP contribution is -2.48. The lowest BCUT2D eigenvalue weighted by Gasteiger charge is -2.31. The van der Waals surface area contributed by atoms with Crippen molar-refractivity contribution in [3.8, 4) is 0 Å². The van der Waals surface area contributed by atoms with Crippen molar-refractivity contribution >= 4 is 11.8 Å². The van der Waals surface area contributed by atoms with Gasteiger partial charge in [0, 0.05) is 16.5 Å². The third-order valence-electron chi connectivity index (χ3n) is 3.34. The predicted molar refractivity (Wildman–Crippen MR) is 73.1 cm³/mol. The van der Waals surface area contributed by atoms with Gasteiger partial charge in [-0.2, -0.15) is 11.8 Å². The number of hydrogen-bond acceptors (Lipinski definition) is 3. The summed E-state index contributed by atoms with van der Waals surface area (Å²) >= 11 is 2.06. The van der Waals surface area contributed by atoms with Crippen LogP contribution in [-0.2, 0) is 0 Å². The Hall–Kier alpha value is 0.270. The molecule has 0 spiro atoms. The largest absolute Gasteiger partial charge is 0.394 e. The van der Waals surface area contributed by atoms with Crippen molar-refractivity contribution in [2.45, 2.75) is 63.2 Å². The molecule has 0 radical (unpaired) electrons. The van der Waals surface area contributed by atoms with Crippen LogP contribution < -0.4 is 5.32 Å². The highest BCUT2D eigenvalue weighted by Crippen LogP contribution is 2.30. The first-order valence-corrected chi connectivity index (χ1v) is 7.72. The molecule has 0 aromatic heterocycles. The molecule has 1 aliphatic carbocycles. The minimum atomic E-state index is -0.0852. The van der Waals surface area contributed by atoms with Crippen LogP contribution >= 0.6 is 11.8 Å². The molecule has 2 N–H and O–H groups in total. The summed E-state index contributed by atoms with van der Waals surface area (Å²) in [6.07, 6.45) is 8.10. The number of hydrogen-bond donors (Lipinski definition) is 2. The van der Waals surface area contributed by atoms with Crippen LogP contribution in [0.2, 0.25) is 0 Å². The van der Waals surface area contributed by atoms with Crippen LogP contribution in [0.4, 0.5) is 0 Å². The van der Waals surface area contributed by atoms with E-state index in [0.29, 0.717) is 0 Å². The summed E-state index contributed by atoms with van der Waals surface area (Å²) in [6.45, 7) is 5.55. The van der Waals surface area contributed by atoms with E-state index < -0.39 is 0 Å². The van der Waals surface area contributed by atoms with Crippen molar-refractivity contribution in [2.75, 3.05) is 18.9 Å². The van der Waals surface area contributed by atoms with Crippen LogP contribution in [0, 0.1) is 0 Å². The van der Waals surface area contributed by atoms with E-state index in [-0.39, 0.29) is 12.1 Å². The first-order chi connectivity index (χ1) is 7.70. The summed E-state index contributed by atoms with van der Waals surface area (Å²) in [5.41, 5.74) is -0.0852. The summed E-state index contributed by atoms with van der Waals surface area (Å²) in [7, 11) is 0. The van der Waals surface area contributed by atoms with Crippen LogP contribution in [-0.4, -0.2) is 34.8 Å². The standard InChI is InChI=1S/C13H27NOS/c1-3-9-14-13(2,10-15)11-16-12-7-5-4-6-8-12/h12,14-15H,3-11H2,1-2H3. The molecule has 0 aliphatic heterocycles. The predicted octanol–water partition coefficient (Wildman–Crippen LogP) is 2.80. The molecule has 16 heavy (non-hydrogen) atoms. The van der Waals surface area contributed by atoms with Gasteiger partial charge in [-0.05, 0) is 32.7 Å². The zero-order valence-corrected chi connectivity index (χ0v) is 11.6. The maximum absolute atomic E-state index is 9.47. The fraction of sp³-hybridized carbons (Fsp3) is 1.00. The molecule has 2 nitrogen and oxygen atoms in total. The van der Waals surface area contributed by atoms with Gasteiger partial charge in [-0.15, -0.1) is 0 Å². The highest BCUT2D eigenvalue weighted by molar-refractivity contribution is 7.99. The number of rotatable bonds is 7. The number of nitrogens with one attached hydrogen (secondary N) is 1. The molecule has 0 bridgehead atoms. The molecule has 0 amide bonds. The van der Waals surface area contributed by atoms with E-state index >= 15 is 0 Å². The Balaban J connectivity index is 2.25. The molecule has 0 aromatic rings. The summed E-state index contributed by atoms with van der Waals surface area (Å²) in [5, 5.41) is 13.8. The number of aliphatic hydroxyl groups is 1. The van der Waals surface area contributed by atoms with E-state index in [1.165, 1.54) is 32.1 Å². The third kappa shape index (κ3) is 5.07. The first-order valence-electron chi connectivity index (χ1n) is 6.67. The second-order valence-corrected chi connectivity index (χ2v) is 6.51. The molecule has 1 aliphatic rings. The van der Waals surface area contributed by atoms with Crippen molar-refractivity contribution in [3.05, 3.63) is 0 Å². The maximum atomic E-state index is 9.47. The molecule has 0 heterocycles. The van der Waals surface area contributed by atoms with Crippen LogP contribution in [0.25, 0.3) is 0 Å². The molecule has 0 aromatic carbocycles. The Morgan fingerprint density at radius 3 is 2.56 bits per heavy atom. The van der Waals surface area contributed by atoms with Crippen molar-refractivity contribution in [3.63, 3.8) is 0 Å². The summed E-state index contributed by atoms with van der Waals surface area (Å²) in [4.78, 5) is 0. The van der Waals surface area contributed by atoms with Gasteiger partial charge in [0.25, 0.3) is 0 Å². The summed E-state index contributed by atoms with van der Waals surface area (Å²) < 4.78 is 0. The monoisotopic (exact) mass is 245 g/mol. The van der Waals surface area contributed by atoms with Crippen LogP contribution in [0.5, 0.6) is 0 Å². The van der Waals surface area contributed by atoms with Crippen molar-refractivity contribution in [1.82, 2.24) is 5.32 Å². The van der Waals surface area contributed by atoms with Gasteiger partial charge < -0.3 is 10.4 Å². The fourth-order valence-electron chi connectivity index (χ4n) is 2.11. The SMILES string of the molecule is CCCNC(C)(CO)CSC1CCCCC1. The Labute approximate surface area is 105 Å². The maximum Gasteiger partial charge on any atom is 0.0618 e. The van der Waals surface area contributed by atoms with Gasteiger partial charge in [0.15, 0.2) is 0 Å². The quantitative estimate of drug-likeness (QED) is 0.723. The Morgan fingerprint density at radius 1 is 1.31 bits per heavy atom.